The smallest absolute Gasteiger partial charge is 0.337 e. The van der Waals surface area contributed by atoms with Crippen molar-refractivity contribution in [3.05, 3.63) is 80.8 Å². The van der Waals surface area contributed by atoms with Gasteiger partial charge in [0.05, 0.1) is 19.2 Å². The van der Waals surface area contributed by atoms with Crippen LogP contribution < -0.4 is 5.32 Å². The van der Waals surface area contributed by atoms with Gasteiger partial charge in [0.25, 0.3) is 5.91 Å². The minimum Gasteiger partial charge on any atom is -0.465 e. The molecule has 3 aromatic rings. The zero-order chi connectivity index (χ0) is 21.7. The van der Waals surface area contributed by atoms with Gasteiger partial charge in [-0.2, -0.15) is 5.26 Å². The first-order valence-electron chi connectivity index (χ1n) is 9.24. The highest BCUT2D eigenvalue weighted by Crippen LogP contribution is 2.23. The summed E-state index contributed by atoms with van der Waals surface area (Å²) in [7, 11) is 1.35. The van der Waals surface area contributed by atoms with E-state index in [-0.39, 0.29) is 5.57 Å². The molecule has 0 aliphatic rings. The van der Waals surface area contributed by atoms with Crippen LogP contribution in [-0.2, 0) is 16.1 Å². The number of benzene rings is 1. The van der Waals surface area contributed by atoms with Gasteiger partial charge in [0, 0.05) is 22.0 Å². The lowest BCUT2D eigenvalue weighted by Crippen LogP contribution is -2.23. The van der Waals surface area contributed by atoms with Crippen LogP contribution in [0.4, 0.5) is 0 Å². The molecule has 1 N–H and O–H groups in total. The molecule has 0 saturated heterocycles. The molecule has 6 nitrogen and oxygen atoms in total. The molecule has 0 unspecified atom stereocenters. The largest absolute Gasteiger partial charge is 0.465 e. The van der Waals surface area contributed by atoms with Gasteiger partial charge in [0.2, 0.25) is 0 Å². The number of hydrogen-bond acceptors (Lipinski definition) is 5. The number of nitrogens with one attached hydrogen (secondary N) is 1. The van der Waals surface area contributed by atoms with Crippen LogP contribution in [0.3, 0.4) is 0 Å². The van der Waals surface area contributed by atoms with Gasteiger partial charge in [-0.25, -0.2) is 4.79 Å². The molecule has 152 valence electrons. The van der Waals surface area contributed by atoms with E-state index in [2.05, 4.69) is 5.32 Å². The molecule has 2 heterocycles. The number of ether oxygens (including phenoxy) is 1. The lowest BCUT2D eigenvalue weighted by atomic mass is 10.1. The van der Waals surface area contributed by atoms with Crippen molar-refractivity contribution < 1.29 is 14.3 Å². The number of aryl methyl sites for hydroxylation is 1. The Morgan fingerprint density at radius 2 is 1.97 bits per heavy atom. The molecular weight excluding hydrogens is 398 g/mol. The van der Waals surface area contributed by atoms with Crippen LogP contribution in [0.15, 0.2) is 53.4 Å². The van der Waals surface area contributed by atoms with E-state index in [1.54, 1.807) is 29.5 Å². The van der Waals surface area contributed by atoms with E-state index in [4.69, 9.17) is 4.74 Å². The summed E-state index contributed by atoms with van der Waals surface area (Å²) in [6.45, 7) is 4.26. The predicted octanol–water partition coefficient (Wildman–Crippen LogP) is 4.17. The number of aromatic nitrogens is 1. The summed E-state index contributed by atoms with van der Waals surface area (Å²) >= 11 is 1.55. The van der Waals surface area contributed by atoms with Gasteiger partial charge in [-0.3, -0.25) is 4.79 Å². The first kappa shape index (κ1) is 21.1. The molecule has 0 atom stereocenters. The van der Waals surface area contributed by atoms with Gasteiger partial charge in [-0.05, 0) is 67.3 Å². The molecule has 0 spiro atoms. The van der Waals surface area contributed by atoms with E-state index in [9.17, 15) is 14.9 Å². The van der Waals surface area contributed by atoms with Gasteiger partial charge in [0.1, 0.15) is 11.6 Å². The van der Waals surface area contributed by atoms with Crippen LogP contribution in [0.1, 0.15) is 32.2 Å². The Bertz CT molecular complexity index is 1130. The fourth-order valence-corrected chi connectivity index (χ4v) is 3.82. The fraction of sp³-hybridized carbons (Fsp3) is 0.174. The number of carbonyl (C=O) groups excluding carboxylic acids is 2. The van der Waals surface area contributed by atoms with Gasteiger partial charge < -0.3 is 14.6 Å². The first-order valence-corrected chi connectivity index (χ1v) is 10.1. The Morgan fingerprint density at radius 3 is 2.57 bits per heavy atom. The molecule has 0 aliphatic carbocycles. The van der Waals surface area contributed by atoms with Crippen molar-refractivity contribution in [2.45, 2.75) is 20.4 Å². The number of amides is 1. The third kappa shape index (κ3) is 4.50. The van der Waals surface area contributed by atoms with Crippen molar-refractivity contribution in [1.82, 2.24) is 9.88 Å². The van der Waals surface area contributed by atoms with Crippen LogP contribution >= 0.6 is 11.3 Å². The highest BCUT2D eigenvalue weighted by atomic mass is 32.1. The summed E-state index contributed by atoms with van der Waals surface area (Å²) in [6, 6.07) is 14.8. The van der Waals surface area contributed by atoms with Crippen molar-refractivity contribution in [1.29, 1.82) is 5.26 Å². The van der Waals surface area contributed by atoms with E-state index in [1.165, 1.54) is 7.11 Å². The second-order valence-electron chi connectivity index (χ2n) is 6.63. The summed E-state index contributed by atoms with van der Waals surface area (Å²) in [6.07, 6.45) is 1.60. The van der Waals surface area contributed by atoms with Crippen molar-refractivity contribution in [2.75, 3.05) is 7.11 Å². The number of hydrogen-bond donors (Lipinski definition) is 1. The molecule has 0 aliphatic heterocycles. The van der Waals surface area contributed by atoms with Crippen LogP contribution in [-0.4, -0.2) is 23.6 Å². The average molecular weight is 420 g/mol. The van der Waals surface area contributed by atoms with Crippen molar-refractivity contribution in [3.8, 4) is 11.8 Å². The first-order chi connectivity index (χ1) is 14.4. The number of methoxy groups -OCH3 is 1. The third-order valence-corrected chi connectivity index (χ3v) is 5.56. The van der Waals surface area contributed by atoms with Gasteiger partial charge >= 0.3 is 5.97 Å². The zero-order valence-corrected chi connectivity index (χ0v) is 17.7. The minimum absolute atomic E-state index is 0.0489. The third-order valence-electron chi connectivity index (χ3n) is 4.69. The van der Waals surface area contributed by atoms with Gasteiger partial charge in [0.15, 0.2) is 0 Å². The highest BCUT2D eigenvalue weighted by Gasteiger charge is 2.14. The number of nitrogens with zero attached hydrogens (tertiary/aromatic N) is 2. The van der Waals surface area contributed by atoms with Crippen LogP contribution in [0, 0.1) is 25.2 Å². The summed E-state index contributed by atoms with van der Waals surface area (Å²) in [5, 5.41) is 14.2. The molecule has 0 bridgehead atoms. The van der Waals surface area contributed by atoms with Crippen molar-refractivity contribution in [3.63, 3.8) is 0 Å². The Morgan fingerprint density at radius 1 is 1.23 bits per heavy atom. The molecule has 0 fully saturated rings. The van der Waals surface area contributed by atoms with E-state index < -0.39 is 11.9 Å². The van der Waals surface area contributed by atoms with Crippen LogP contribution in [0.5, 0.6) is 0 Å². The Balaban J connectivity index is 1.85. The molecule has 1 amide bonds. The molecule has 0 saturated carbocycles. The number of thiophene rings is 1. The summed E-state index contributed by atoms with van der Waals surface area (Å²) in [5.74, 6) is -0.795. The SMILES string of the molecule is COC(=O)c1ccc(-n2c(C)cc(/C=C(\C#N)C(=O)NCc3cccs3)c2C)cc1. The number of rotatable bonds is 6. The van der Waals surface area contributed by atoms with E-state index >= 15 is 0 Å². The summed E-state index contributed by atoms with van der Waals surface area (Å²) in [5.41, 5.74) is 4.01. The normalized spacial score (nSPS) is 11.1. The molecule has 3 rings (SSSR count). The van der Waals surface area contributed by atoms with Crippen molar-refractivity contribution in [2.24, 2.45) is 0 Å². The van der Waals surface area contributed by atoms with Crippen LogP contribution in [0.2, 0.25) is 0 Å². The summed E-state index contributed by atoms with van der Waals surface area (Å²) in [4.78, 5) is 25.1. The maximum absolute atomic E-state index is 12.4. The molecule has 0 radical (unpaired) electrons. The lowest BCUT2D eigenvalue weighted by molar-refractivity contribution is -0.117. The second-order valence-corrected chi connectivity index (χ2v) is 7.66. The maximum atomic E-state index is 12.4. The number of nitriles is 1. The molecule has 1 aromatic carbocycles. The average Bonchev–Trinajstić information content (AvgIpc) is 3.37. The van der Waals surface area contributed by atoms with E-state index in [0.29, 0.717) is 12.1 Å². The highest BCUT2D eigenvalue weighted by molar-refractivity contribution is 7.09. The predicted molar refractivity (Wildman–Crippen MR) is 116 cm³/mol. The monoisotopic (exact) mass is 419 g/mol. The topological polar surface area (TPSA) is 84.1 Å². The Labute approximate surface area is 179 Å². The second kappa shape index (κ2) is 9.25. The Kier molecular flexibility index (Phi) is 6.50. The Hall–Kier alpha value is -3.63. The van der Waals surface area contributed by atoms with E-state index in [1.807, 2.05) is 60.2 Å². The zero-order valence-electron chi connectivity index (χ0n) is 16.9. The number of esters is 1. The summed E-state index contributed by atoms with van der Waals surface area (Å²) < 4.78 is 6.74. The van der Waals surface area contributed by atoms with Crippen molar-refractivity contribution >= 4 is 29.3 Å². The van der Waals surface area contributed by atoms with Gasteiger partial charge in [-0.1, -0.05) is 6.07 Å². The van der Waals surface area contributed by atoms with E-state index in [0.717, 1.165) is 27.5 Å². The fourth-order valence-electron chi connectivity index (χ4n) is 3.18. The standard InChI is InChI=1S/C23H21N3O3S/c1-15-11-18(12-19(13-24)22(27)25-14-21-5-4-10-30-21)16(2)26(15)20-8-6-17(7-9-20)23(28)29-3/h4-12H,14H2,1-3H3,(H,25,27)/b19-12+. The quantitative estimate of drug-likeness (QED) is 0.369. The molecule has 7 heteroatoms. The van der Waals surface area contributed by atoms with Crippen LogP contribution in [0.25, 0.3) is 11.8 Å². The lowest BCUT2D eigenvalue weighted by Gasteiger charge is -2.10. The molecule has 30 heavy (non-hydrogen) atoms. The number of carbonyl (C=O) groups is 2. The van der Waals surface area contributed by atoms with Gasteiger partial charge in [-0.15, -0.1) is 11.3 Å². The molecule has 2 aromatic heterocycles. The minimum atomic E-state index is -0.405. The molecular formula is C23H21N3O3S. The maximum Gasteiger partial charge on any atom is 0.337 e.